The minimum Gasteiger partial charge on any atom is -0.491 e. The Bertz CT molecular complexity index is 1090. The number of anilines is 1. The highest BCUT2D eigenvalue weighted by Crippen LogP contribution is 2.36. The smallest absolute Gasteiger partial charge is 0.254 e. The van der Waals surface area contributed by atoms with Crippen molar-refractivity contribution in [1.29, 1.82) is 0 Å². The number of imidazole rings is 1. The fourth-order valence-electron chi connectivity index (χ4n) is 3.41. The summed E-state index contributed by atoms with van der Waals surface area (Å²) in [5.74, 6) is 0.730. The van der Waals surface area contributed by atoms with Gasteiger partial charge >= 0.3 is 0 Å². The van der Waals surface area contributed by atoms with E-state index in [0.717, 1.165) is 29.6 Å². The second kappa shape index (κ2) is 6.70. The number of carbonyl (C=O) groups excluding carboxylic acids is 2. The summed E-state index contributed by atoms with van der Waals surface area (Å²) in [7, 11) is 3.73. The van der Waals surface area contributed by atoms with Crippen molar-refractivity contribution >= 4 is 28.5 Å². The molecule has 1 aliphatic rings. The number of primary amides is 1. The molecule has 28 heavy (non-hydrogen) atoms. The minimum absolute atomic E-state index is 0.0580. The first-order valence-corrected chi connectivity index (χ1v) is 9.30. The number of hydrogen-bond acceptors (Lipinski definition) is 4. The van der Waals surface area contributed by atoms with Gasteiger partial charge in [-0.05, 0) is 38.0 Å². The van der Waals surface area contributed by atoms with Gasteiger partial charge in [0.1, 0.15) is 5.69 Å². The molecule has 0 saturated heterocycles. The number of amides is 2. The maximum atomic E-state index is 12.0. The van der Waals surface area contributed by atoms with Crippen molar-refractivity contribution in [2.24, 2.45) is 25.7 Å². The van der Waals surface area contributed by atoms with E-state index in [0.29, 0.717) is 29.4 Å². The van der Waals surface area contributed by atoms with Crippen LogP contribution in [0.1, 0.15) is 30.1 Å². The standard InChI is InChI=1S/C20H23N5O3/c1-4-28-17-13(18(21)26)10-24(2)16(17)19-23-14-9-12(7-8-15(14)25(19)3)22-20(27)11-5-6-11/h7-11H,4-6H2,1-3H3,(H2,21,26)(H,22,27). The van der Waals surface area contributed by atoms with Gasteiger partial charge in [-0.3, -0.25) is 9.59 Å². The van der Waals surface area contributed by atoms with Crippen LogP contribution >= 0.6 is 0 Å². The highest BCUT2D eigenvalue weighted by molar-refractivity contribution is 5.99. The van der Waals surface area contributed by atoms with E-state index in [2.05, 4.69) is 5.32 Å². The lowest BCUT2D eigenvalue weighted by Gasteiger charge is -2.09. The molecule has 2 heterocycles. The summed E-state index contributed by atoms with van der Waals surface area (Å²) in [6.45, 7) is 2.25. The summed E-state index contributed by atoms with van der Waals surface area (Å²) in [5, 5.41) is 2.95. The van der Waals surface area contributed by atoms with Crippen LogP contribution in [0.2, 0.25) is 0 Å². The normalized spacial score (nSPS) is 13.7. The average Bonchev–Trinajstić information content (AvgIpc) is 3.39. The van der Waals surface area contributed by atoms with Gasteiger partial charge in [-0.15, -0.1) is 0 Å². The van der Waals surface area contributed by atoms with E-state index in [-0.39, 0.29) is 11.8 Å². The van der Waals surface area contributed by atoms with Gasteiger partial charge in [0.05, 0.1) is 23.2 Å². The van der Waals surface area contributed by atoms with Crippen LogP contribution in [0.4, 0.5) is 5.69 Å². The molecule has 0 bridgehead atoms. The van der Waals surface area contributed by atoms with Crippen molar-refractivity contribution in [2.75, 3.05) is 11.9 Å². The summed E-state index contributed by atoms with van der Waals surface area (Å²) in [4.78, 5) is 28.6. The number of ether oxygens (including phenoxy) is 1. The quantitative estimate of drug-likeness (QED) is 0.684. The molecule has 8 heteroatoms. The third kappa shape index (κ3) is 3.00. The molecule has 0 spiro atoms. The number of aromatic nitrogens is 3. The Morgan fingerprint density at radius 1 is 1.32 bits per heavy atom. The number of carbonyl (C=O) groups is 2. The predicted octanol–water partition coefficient (Wildman–Crippen LogP) is 2.42. The third-order valence-electron chi connectivity index (χ3n) is 5.00. The Kier molecular flexibility index (Phi) is 4.33. The second-order valence-electron chi connectivity index (χ2n) is 7.09. The Morgan fingerprint density at radius 3 is 2.71 bits per heavy atom. The van der Waals surface area contributed by atoms with Crippen LogP contribution in [0, 0.1) is 5.92 Å². The molecule has 146 valence electrons. The summed E-state index contributed by atoms with van der Waals surface area (Å²) in [6, 6.07) is 5.65. The van der Waals surface area contributed by atoms with E-state index in [1.54, 1.807) is 10.8 Å². The fraction of sp³-hybridized carbons (Fsp3) is 0.350. The first kappa shape index (κ1) is 18.1. The molecule has 2 amide bonds. The zero-order valence-electron chi connectivity index (χ0n) is 16.2. The van der Waals surface area contributed by atoms with Crippen molar-refractivity contribution in [2.45, 2.75) is 19.8 Å². The predicted molar refractivity (Wildman–Crippen MR) is 106 cm³/mol. The number of benzene rings is 1. The topological polar surface area (TPSA) is 104 Å². The van der Waals surface area contributed by atoms with Gasteiger partial charge in [0.25, 0.3) is 5.91 Å². The lowest BCUT2D eigenvalue weighted by Crippen LogP contribution is -2.13. The molecule has 8 nitrogen and oxygen atoms in total. The lowest BCUT2D eigenvalue weighted by atomic mass is 10.2. The maximum Gasteiger partial charge on any atom is 0.254 e. The number of rotatable bonds is 6. The molecule has 1 saturated carbocycles. The molecule has 0 aliphatic heterocycles. The SMILES string of the molecule is CCOc1c(C(N)=O)cn(C)c1-c1nc2cc(NC(=O)C3CC3)ccc2n1C. The van der Waals surface area contributed by atoms with Gasteiger partial charge in [0.2, 0.25) is 5.91 Å². The molecule has 3 aromatic rings. The van der Waals surface area contributed by atoms with Crippen molar-refractivity contribution in [1.82, 2.24) is 14.1 Å². The van der Waals surface area contributed by atoms with E-state index < -0.39 is 5.91 Å². The van der Waals surface area contributed by atoms with Crippen LogP contribution in [0.5, 0.6) is 5.75 Å². The van der Waals surface area contributed by atoms with E-state index in [4.69, 9.17) is 15.5 Å². The molecular formula is C20H23N5O3. The van der Waals surface area contributed by atoms with E-state index in [1.807, 2.05) is 43.8 Å². The number of hydrogen-bond donors (Lipinski definition) is 2. The summed E-state index contributed by atoms with van der Waals surface area (Å²) in [5.41, 5.74) is 8.89. The zero-order valence-corrected chi connectivity index (χ0v) is 16.2. The van der Waals surface area contributed by atoms with Gasteiger partial charge in [0, 0.05) is 31.9 Å². The van der Waals surface area contributed by atoms with Crippen LogP contribution < -0.4 is 15.8 Å². The third-order valence-corrected chi connectivity index (χ3v) is 5.00. The van der Waals surface area contributed by atoms with Crippen molar-refractivity contribution in [3.63, 3.8) is 0 Å². The monoisotopic (exact) mass is 381 g/mol. The Hall–Kier alpha value is -3.29. The van der Waals surface area contributed by atoms with Crippen molar-refractivity contribution in [3.8, 4) is 17.3 Å². The summed E-state index contributed by atoms with van der Waals surface area (Å²) < 4.78 is 9.46. The summed E-state index contributed by atoms with van der Waals surface area (Å²) >= 11 is 0. The molecule has 4 rings (SSSR count). The van der Waals surface area contributed by atoms with Gasteiger partial charge in [-0.1, -0.05) is 0 Å². The van der Waals surface area contributed by atoms with Crippen LogP contribution in [-0.4, -0.2) is 32.5 Å². The van der Waals surface area contributed by atoms with Gasteiger partial charge in [-0.25, -0.2) is 4.98 Å². The number of nitrogens with one attached hydrogen (secondary N) is 1. The molecule has 1 aromatic carbocycles. The van der Waals surface area contributed by atoms with E-state index in [9.17, 15) is 9.59 Å². The average molecular weight is 381 g/mol. The number of aryl methyl sites for hydroxylation is 2. The first-order valence-electron chi connectivity index (χ1n) is 9.30. The zero-order chi connectivity index (χ0) is 20.0. The number of nitrogens with zero attached hydrogens (tertiary/aromatic N) is 3. The molecule has 0 atom stereocenters. The van der Waals surface area contributed by atoms with Gasteiger partial charge in [-0.2, -0.15) is 0 Å². The molecule has 1 fully saturated rings. The maximum absolute atomic E-state index is 12.0. The molecule has 0 unspecified atom stereocenters. The van der Waals surface area contributed by atoms with Crippen LogP contribution in [0.15, 0.2) is 24.4 Å². The Balaban J connectivity index is 1.80. The van der Waals surface area contributed by atoms with E-state index >= 15 is 0 Å². The van der Waals surface area contributed by atoms with Gasteiger partial charge < -0.3 is 24.9 Å². The number of nitrogens with two attached hydrogens (primary N) is 1. The molecule has 3 N–H and O–H groups in total. The van der Waals surface area contributed by atoms with Crippen LogP contribution in [0.3, 0.4) is 0 Å². The lowest BCUT2D eigenvalue weighted by molar-refractivity contribution is -0.117. The molecule has 1 aliphatic carbocycles. The second-order valence-corrected chi connectivity index (χ2v) is 7.09. The van der Waals surface area contributed by atoms with Crippen LogP contribution in [0.25, 0.3) is 22.6 Å². The molecule has 2 aromatic heterocycles. The summed E-state index contributed by atoms with van der Waals surface area (Å²) in [6.07, 6.45) is 3.57. The van der Waals surface area contributed by atoms with Crippen molar-refractivity contribution < 1.29 is 14.3 Å². The Morgan fingerprint density at radius 2 is 2.07 bits per heavy atom. The molecular weight excluding hydrogens is 358 g/mol. The van der Waals surface area contributed by atoms with E-state index in [1.165, 1.54) is 0 Å². The minimum atomic E-state index is -0.547. The van der Waals surface area contributed by atoms with Crippen LogP contribution in [-0.2, 0) is 18.9 Å². The largest absolute Gasteiger partial charge is 0.491 e. The highest BCUT2D eigenvalue weighted by atomic mass is 16.5. The fourth-order valence-corrected chi connectivity index (χ4v) is 3.41. The highest BCUT2D eigenvalue weighted by Gasteiger charge is 2.30. The van der Waals surface area contributed by atoms with Gasteiger partial charge in [0.15, 0.2) is 11.6 Å². The molecule has 0 radical (unpaired) electrons. The van der Waals surface area contributed by atoms with Crippen molar-refractivity contribution in [3.05, 3.63) is 30.0 Å². The number of fused-ring (bicyclic) bond motifs is 1. The Labute approximate surface area is 162 Å². The first-order chi connectivity index (χ1) is 13.4.